The van der Waals surface area contributed by atoms with Gasteiger partial charge in [0.05, 0.1) is 31.3 Å². The van der Waals surface area contributed by atoms with Crippen molar-refractivity contribution in [2.24, 2.45) is 17.8 Å². The van der Waals surface area contributed by atoms with Crippen molar-refractivity contribution < 1.29 is 39.5 Å². The van der Waals surface area contributed by atoms with E-state index in [1.165, 1.54) is 51.4 Å². The molecule has 262 valence electrons. The molecule has 0 heterocycles. The summed E-state index contributed by atoms with van der Waals surface area (Å²) in [6, 6.07) is 0. The van der Waals surface area contributed by atoms with Gasteiger partial charge in [0.25, 0.3) is 0 Å². The summed E-state index contributed by atoms with van der Waals surface area (Å²) >= 11 is 0. The van der Waals surface area contributed by atoms with E-state index in [1.54, 1.807) is 18.2 Å². The maximum Gasteiger partial charge on any atom is 0.309 e. The van der Waals surface area contributed by atoms with E-state index < -0.39 is 37.0 Å². The van der Waals surface area contributed by atoms with Crippen LogP contribution in [0.1, 0.15) is 143 Å². The van der Waals surface area contributed by atoms with Crippen LogP contribution in [0.5, 0.6) is 0 Å². The molecule has 1 saturated carbocycles. The molecule has 0 bridgehead atoms. The summed E-state index contributed by atoms with van der Waals surface area (Å²) in [5, 5.41) is 40.6. The van der Waals surface area contributed by atoms with Gasteiger partial charge in [-0.25, -0.2) is 0 Å². The Kier molecular flexibility index (Phi) is 24.2. The summed E-state index contributed by atoms with van der Waals surface area (Å²) in [5.41, 5.74) is 0. The summed E-state index contributed by atoms with van der Waals surface area (Å²) < 4.78 is 10.5. The van der Waals surface area contributed by atoms with Crippen LogP contribution in [0.4, 0.5) is 0 Å². The molecule has 0 radical (unpaired) electrons. The number of carbonyl (C=O) groups excluding carboxylic acids is 2. The zero-order valence-corrected chi connectivity index (χ0v) is 28.6. The minimum Gasteiger partial charge on any atom is -0.461 e. The predicted octanol–water partition coefficient (Wildman–Crippen LogP) is 6.96. The number of rotatable bonds is 27. The van der Waals surface area contributed by atoms with Crippen LogP contribution >= 0.6 is 0 Å². The minimum absolute atomic E-state index is 0.00620. The first-order chi connectivity index (χ1) is 21.7. The Bertz CT molecular complexity index is 810. The molecular formula is C37H66O8. The lowest BCUT2D eigenvalue weighted by Gasteiger charge is -2.19. The molecule has 45 heavy (non-hydrogen) atoms. The summed E-state index contributed by atoms with van der Waals surface area (Å²) in [7, 11) is 0. The van der Waals surface area contributed by atoms with Crippen LogP contribution in [-0.2, 0) is 19.1 Å². The highest BCUT2D eigenvalue weighted by molar-refractivity contribution is 5.71. The Balaban J connectivity index is 2.20. The average Bonchev–Trinajstić information content (AvgIpc) is 3.27. The van der Waals surface area contributed by atoms with E-state index in [4.69, 9.17) is 9.47 Å². The lowest BCUT2D eigenvalue weighted by Crippen LogP contribution is -2.28. The summed E-state index contributed by atoms with van der Waals surface area (Å²) in [5.74, 6) is -0.564. The normalized spacial score (nSPS) is 21.6. The summed E-state index contributed by atoms with van der Waals surface area (Å²) in [4.78, 5) is 24.4. The molecule has 0 amide bonds. The van der Waals surface area contributed by atoms with E-state index >= 15 is 0 Å². The van der Waals surface area contributed by atoms with Gasteiger partial charge in [-0.15, -0.1) is 0 Å². The quantitative estimate of drug-likeness (QED) is 0.0431. The van der Waals surface area contributed by atoms with Crippen LogP contribution in [0.2, 0.25) is 0 Å². The lowest BCUT2D eigenvalue weighted by molar-refractivity contribution is -0.161. The van der Waals surface area contributed by atoms with Gasteiger partial charge in [0, 0.05) is 18.8 Å². The van der Waals surface area contributed by atoms with Gasteiger partial charge in [0.1, 0.15) is 6.61 Å². The molecule has 1 aliphatic rings. The third kappa shape index (κ3) is 20.9. The highest BCUT2D eigenvalue weighted by atomic mass is 16.6. The van der Waals surface area contributed by atoms with Crippen LogP contribution in [0.15, 0.2) is 24.3 Å². The molecule has 8 heteroatoms. The summed E-state index contributed by atoms with van der Waals surface area (Å²) in [6.45, 7) is 6.05. The molecule has 0 unspecified atom stereocenters. The average molecular weight is 639 g/mol. The highest BCUT2D eigenvalue weighted by Gasteiger charge is 2.39. The van der Waals surface area contributed by atoms with Gasteiger partial charge in [-0.05, 0) is 31.1 Å². The monoisotopic (exact) mass is 638 g/mol. The molecule has 1 rings (SSSR count). The Morgan fingerprint density at radius 3 is 2.07 bits per heavy atom. The molecule has 0 aliphatic heterocycles. The van der Waals surface area contributed by atoms with Gasteiger partial charge < -0.3 is 29.9 Å². The van der Waals surface area contributed by atoms with E-state index in [-0.39, 0.29) is 37.3 Å². The van der Waals surface area contributed by atoms with Crippen molar-refractivity contribution in [3.63, 3.8) is 0 Å². The molecule has 1 aliphatic carbocycles. The molecule has 1 fully saturated rings. The van der Waals surface area contributed by atoms with Gasteiger partial charge in [-0.1, -0.05) is 129 Å². The third-order valence-corrected chi connectivity index (χ3v) is 8.78. The van der Waals surface area contributed by atoms with Gasteiger partial charge in [-0.3, -0.25) is 9.59 Å². The standard InChI is InChI=1S/C37H66O8/c1-4-5-14-20-30(39)24-25-33-32(34(40)26-35(33)41)21-17-18-22-36(42)44-28-31(27-38)45-37(43)23-16-13-11-9-7-6-8-10-12-15-19-29(2)3/h17-18,24-25,29-35,38-41H,4-16,19-23,26-28H2,1-3H3/b18-17-,25-24+/t30-,31+,32+,33-,34+,35-/m1/s1. The second-order valence-electron chi connectivity index (χ2n) is 13.4. The van der Waals surface area contributed by atoms with Crippen molar-refractivity contribution >= 4 is 11.9 Å². The first-order valence-electron chi connectivity index (χ1n) is 18.0. The number of aliphatic hydroxyl groups excluding tert-OH is 4. The second kappa shape index (κ2) is 26.3. The number of unbranched alkanes of at least 4 members (excludes halogenated alkanes) is 11. The smallest absolute Gasteiger partial charge is 0.309 e. The lowest BCUT2D eigenvalue weighted by atomic mass is 9.89. The van der Waals surface area contributed by atoms with Crippen molar-refractivity contribution in [1.82, 2.24) is 0 Å². The van der Waals surface area contributed by atoms with Crippen molar-refractivity contribution in [2.45, 2.75) is 167 Å². The maximum absolute atomic E-state index is 12.2. The van der Waals surface area contributed by atoms with Crippen molar-refractivity contribution in [2.75, 3.05) is 13.2 Å². The Labute approximate surface area is 273 Å². The molecule has 4 N–H and O–H groups in total. The number of ether oxygens (including phenoxy) is 2. The Morgan fingerprint density at radius 1 is 0.822 bits per heavy atom. The van der Waals surface area contributed by atoms with Crippen molar-refractivity contribution in [1.29, 1.82) is 0 Å². The zero-order valence-electron chi connectivity index (χ0n) is 28.6. The highest BCUT2D eigenvalue weighted by Crippen LogP contribution is 2.36. The zero-order chi connectivity index (χ0) is 33.3. The van der Waals surface area contributed by atoms with E-state index in [1.807, 2.05) is 6.08 Å². The van der Waals surface area contributed by atoms with Crippen LogP contribution in [0, 0.1) is 17.8 Å². The fraction of sp³-hybridized carbons (Fsp3) is 0.838. The number of allylic oxidation sites excluding steroid dienone is 1. The fourth-order valence-corrected chi connectivity index (χ4v) is 5.95. The molecule has 6 atom stereocenters. The number of aliphatic hydroxyl groups is 4. The van der Waals surface area contributed by atoms with Crippen LogP contribution in [0.25, 0.3) is 0 Å². The minimum atomic E-state index is -0.883. The Morgan fingerprint density at radius 2 is 1.44 bits per heavy atom. The number of hydrogen-bond acceptors (Lipinski definition) is 8. The fourth-order valence-electron chi connectivity index (χ4n) is 5.95. The summed E-state index contributed by atoms with van der Waals surface area (Å²) in [6.07, 6.45) is 22.2. The van der Waals surface area contributed by atoms with Crippen LogP contribution in [-0.4, -0.2) is 70.0 Å². The molecule has 0 aromatic rings. The van der Waals surface area contributed by atoms with Gasteiger partial charge in [-0.2, -0.15) is 0 Å². The molecular weight excluding hydrogens is 572 g/mol. The first kappa shape index (κ1) is 41.3. The molecule has 0 aromatic carbocycles. The SMILES string of the molecule is CCCCC[C@@H](O)/C=C/[C@@H]1[C@H](C/C=C\CC(=O)OC[C@H](CO)OC(=O)CCCCCCCCCCCCC(C)C)[C@@H](O)C[C@H]1O. The van der Waals surface area contributed by atoms with Crippen LogP contribution < -0.4 is 0 Å². The van der Waals surface area contributed by atoms with Crippen LogP contribution in [0.3, 0.4) is 0 Å². The predicted molar refractivity (Wildman–Crippen MR) is 179 cm³/mol. The van der Waals surface area contributed by atoms with Gasteiger partial charge >= 0.3 is 11.9 Å². The molecule has 0 spiro atoms. The van der Waals surface area contributed by atoms with E-state index in [9.17, 15) is 30.0 Å². The van der Waals surface area contributed by atoms with Gasteiger partial charge in [0.2, 0.25) is 0 Å². The molecule has 0 aromatic heterocycles. The maximum atomic E-state index is 12.2. The number of hydrogen-bond donors (Lipinski definition) is 4. The largest absolute Gasteiger partial charge is 0.461 e. The van der Waals surface area contributed by atoms with E-state index in [2.05, 4.69) is 20.8 Å². The second-order valence-corrected chi connectivity index (χ2v) is 13.4. The van der Waals surface area contributed by atoms with Gasteiger partial charge in [0.15, 0.2) is 6.10 Å². The first-order valence-corrected chi connectivity index (χ1v) is 18.0. The van der Waals surface area contributed by atoms with E-state index in [0.29, 0.717) is 19.3 Å². The number of esters is 2. The Hall–Kier alpha value is -1.74. The third-order valence-electron chi connectivity index (χ3n) is 8.78. The van der Waals surface area contributed by atoms with E-state index in [0.717, 1.165) is 44.4 Å². The van der Waals surface area contributed by atoms with Crippen molar-refractivity contribution in [3.05, 3.63) is 24.3 Å². The number of carbonyl (C=O) groups is 2. The topological polar surface area (TPSA) is 134 Å². The molecule has 0 saturated heterocycles. The van der Waals surface area contributed by atoms with Crippen molar-refractivity contribution in [3.8, 4) is 0 Å². The molecule has 8 nitrogen and oxygen atoms in total.